The van der Waals surface area contributed by atoms with Crippen LogP contribution in [0.5, 0.6) is 0 Å². The molecular formula is C20H35NO3. The number of nitrogens with one attached hydrogen (secondary N) is 1. The Morgan fingerprint density at radius 2 is 1.75 bits per heavy atom. The lowest BCUT2D eigenvalue weighted by Gasteiger charge is -2.20. The predicted molar refractivity (Wildman–Crippen MR) is 97.8 cm³/mol. The first-order chi connectivity index (χ1) is 11.7. The van der Waals surface area contributed by atoms with E-state index in [2.05, 4.69) is 12.2 Å². The van der Waals surface area contributed by atoms with Gasteiger partial charge in [0.05, 0.1) is 6.61 Å². The molecule has 2 N–H and O–H groups in total. The Kier molecular flexibility index (Phi) is 11.5. The van der Waals surface area contributed by atoms with E-state index in [-0.39, 0.29) is 30.8 Å². The van der Waals surface area contributed by atoms with Gasteiger partial charge in [-0.15, -0.1) is 0 Å². The van der Waals surface area contributed by atoms with E-state index in [9.17, 15) is 9.59 Å². The zero-order valence-corrected chi connectivity index (χ0v) is 15.3. The molecule has 0 saturated carbocycles. The van der Waals surface area contributed by atoms with Gasteiger partial charge in [0.15, 0.2) is 5.78 Å². The first-order valence-electron chi connectivity index (χ1n) is 9.79. The molecule has 0 saturated heterocycles. The number of allylic oxidation sites excluding steroid dienone is 2. The van der Waals surface area contributed by atoms with Crippen molar-refractivity contribution in [3.63, 3.8) is 0 Å². The molecule has 24 heavy (non-hydrogen) atoms. The van der Waals surface area contributed by atoms with E-state index in [0.717, 1.165) is 18.4 Å². The van der Waals surface area contributed by atoms with Crippen LogP contribution in [0.2, 0.25) is 0 Å². The molecule has 4 heteroatoms. The number of hydrogen-bond acceptors (Lipinski definition) is 3. The predicted octanol–water partition coefficient (Wildman–Crippen LogP) is 3.92. The Morgan fingerprint density at radius 1 is 1.12 bits per heavy atom. The zero-order chi connectivity index (χ0) is 17.6. The SMILES string of the molecule is CCCCCCCCCCCC1=CCC(C(=O)NCCO)CC1=O. The topological polar surface area (TPSA) is 66.4 Å². The second-order valence-corrected chi connectivity index (χ2v) is 6.88. The molecule has 1 aliphatic carbocycles. The Labute approximate surface area is 147 Å². The summed E-state index contributed by atoms with van der Waals surface area (Å²) in [5.74, 6) is -0.239. The van der Waals surface area contributed by atoms with Crippen molar-refractivity contribution in [1.29, 1.82) is 0 Å². The summed E-state index contributed by atoms with van der Waals surface area (Å²) in [5, 5.41) is 11.4. The van der Waals surface area contributed by atoms with Crippen molar-refractivity contribution >= 4 is 11.7 Å². The fourth-order valence-corrected chi connectivity index (χ4v) is 3.23. The second-order valence-electron chi connectivity index (χ2n) is 6.88. The standard InChI is InChI=1S/C20H35NO3/c1-2-3-4-5-6-7-8-9-10-11-17-12-13-18(16-19(17)23)20(24)21-14-15-22/h12,18,22H,2-11,13-16H2,1H3,(H,21,24). The minimum atomic E-state index is -0.254. The molecule has 1 rings (SSSR count). The van der Waals surface area contributed by atoms with Crippen LogP contribution < -0.4 is 5.32 Å². The van der Waals surface area contributed by atoms with Crippen LogP contribution >= 0.6 is 0 Å². The molecule has 138 valence electrons. The van der Waals surface area contributed by atoms with E-state index < -0.39 is 0 Å². The van der Waals surface area contributed by atoms with Crippen LogP contribution in [0.1, 0.15) is 84.0 Å². The second kappa shape index (κ2) is 13.2. The number of aliphatic hydroxyl groups excluding tert-OH is 1. The molecule has 1 atom stereocenters. The maximum atomic E-state index is 12.2. The Morgan fingerprint density at radius 3 is 2.33 bits per heavy atom. The largest absolute Gasteiger partial charge is 0.395 e. The van der Waals surface area contributed by atoms with E-state index in [1.807, 2.05) is 6.08 Å². The van der Waals surface area contributed by atoms with Gasteiger partial charge in [0.2, 0.25) is 5.91 Å². The average molecular weight is 338 g/mol. The van der Waals surface area contributed by atoms with Crippen LogP contribution in [0.25, 0.3) is 0 Å². The first-order valence-corrected chi connectivity index (χ1v) is 9.79. The van der Waals surface area contributed by atoms with Crippen LogP contribution in [-0.4, -0.2) is 29.9 Å². The summed E-state index contributed by atoms with van der Waals surface area (Å²) in [6.45, 7) is 2.44. The highest BCUT2D eigenvalue weighted by molar-refractivity contribution is 5.99. The Balaban J connectivity index is 2.12. The van der Waals surface area contributed by atoms with Crippen molar-refractivity contribution in [2.24, 2.45) is 5.92 Å². The lowest BCUT2D eigenvalue weighted by Crippen LogP contribution is -2.35. The quantitative estimate of drug-likeness (QED) is 0.501. The molecule has 0 heterocycles. The van der Waals surface area contributed by atoms with E-state index in [1.165, 1.54) is 51.4 Å². The molecular weight excluding hydrogens is 302 g/mol. The molecule has 0 fully saturated rings. The van der Waals surface area contributed by atoms with Crippen molar-refractivity contribution in [3.8, 4) is 0 Å². The lowest BCUT2D eigenvalue weighted by molar-refractivity contribution is -0.128. The highest BCUT2D eigenvalue weighted by atomic mass is 16.3. The number of hydrogen-bond donors (Lipinski definition) is 2. The van der Waals surface area contributed by atoms with Gasteiger partial charge in [-0.3, -0.25) is 9.59 Å². The molecule has 0 aliphatic heterocycles. The summed E-state index contributed by atoms with van der Waals surface area (Å²) in [4.78, 5) is 24.0. The lowest BCUT2D eigenvalue weighted by atomic mass is 9.86. The van der Waals surface area contributed by atoms with Crippen molar-refractivity contribution in [1.82, 2.24) is 5.32 Å². The fourth-order valence-electron chi connectivity index (χ4n) is 3.23. The van der Waals surface area contributed by atoms with Crippen molar-refractivity contribution in [3.05, 3.63) is 11.6 Å². The molecule has 0 spiro atoms. The van der Waals surface area contributed by atoms with Crippen molar-refractivity contribution < 1.29 is 14.7 Å². The van der Waals surface area contributed by atoms with E-state index in [4.69, 9.17) is 5.11 Å². The van der Waals surface area contributed by atoms with Crippen molar-refractivity contribution in [2.45, 2.75) is 84.0 Å². The number of aliphatic hydroxyl groups is 1. The third-order valence-corrected chi connectivity index (χ3v) is 4.77. The molecule has 0 aromatic carbocycles. The molecule has 0 aromatic heterocycles. The summed E-state index contributed by atoms with van der Waals surface area (Å²) in [6, 6.07) is 0. The molecule has 1 unspecified atom stereocenters. The van der Waals surface area contributed by atoms with Gasteiger partial charge in [-0.1, -0.05) is 64.4 Å². The highest BCUT2D eigenvalue weighted by Gasteiger charge is 2.26. The molecule has 1 amide bonds. The maximum absolute atomic E-state index is 12.2. The molecule has 1 aliphatic rings. The summed E-state index contributed by atoms with van der Waals surface area (Å²) in [5.41, 5.74) is 0.921. The van der Waals surface area contributed by atoms with Crippen LogP contribution in [0.15, 0.2) is 11.6 Å². The monoisotopic (exact) mass is 337 g/mol. The van der Waals surface area contributed by atoms with Gasteiger partial charge >= 0.3 is 0 Å². The number of rotatable bonds is 13. The van der Waals surface area contributed by atoms with Gasteiger partial charge in [0.25, 0.3) is 0 Å². The number of Topliss-reactive ketones (excluding diaryl/α,β-unsaturated/α-hetero) is 1. The minimum Gasteiger partial charge on any atom is -0.395 e. The van der Waals surface area contributed by atoms with E-state index in [1.54, 1.807) is 0 Å². The van der Waals surface area contributed by atoms with Gasteiger partial charge in [0, 0.05) is 18.9 Å². The van der Waals surface area contributed by atoms with Gasteiger partial charge < -0.3 is 10.4 Å². The summed E-state index contributed by atoms with van der Waals surface area (Å²) in [6.07, 6.45) is 15.4. The smallest absolute Gasteiger partial charge is 0.223 e. The highest BCUT2D eigenvalue weighted by Crippen LogP contribution is 2.24. The number of unbranched alkanes of at least 4 members (excludes halogenated alkanes) is 8. The van der Waals surface area contributed by atoms with Crippen LogP contribution in [0.3, 0.4) is 0 Å². The zero-order valence-electron chi connectivity index (χ0n) is 15.3. The molecule has 0 bridgehead atoms. The number of carbonyl (C=O) groups excluding carboxylic acids is 2. The molecule has 4 nitrogen and oxygen atoms in total. The number of amides is 1. The minimum absolute atomic E-state index is 0.0634. The summed E-state index contributed by atoms with van der Waals surface area (Å²) in [7, 11) is 0. The third-order valence-electron chi connectivity index (χ3n) is 4.77. The number of carbonyl (C=O) groups is 2. The van der Waals surface area contributed by atoms with Crippen molar-refractivity contribution in [2.75, 3.05) is 13.2 Å². The average Bonchev–Trinajstić information content (AvgIpc) is 2.59. The third kappa shape index (κ3) is 8.62. The number of ketones is 1. The molecule has 0 radical (unpaired) electrons. The fraction of sp³-hybridized carbons (Fsp3) is 0.800. The first kappa shape index (κ1) is 20.9. The Bertz CT molecular complexity index is 404. The van der Waals surface area contributed by atoms with Crippen LogP contribution in [0.4, 0.5) is 0 Å². The van der Waals surface area contributed by atoms with Crippen LogP contribution in [-0.2, 0) is 9.59 Å². The maximum Gasteiger partial charge on any atom is 0.223 e. The van der Waals surface area contributed by atoms with Gasteiger partial charge in [-0.25, -0.2) is 0 Å². The van der Waals surface area contributed by atoms with Gasteiger partial charge in [0.1, 0.15) is 0 Å². The van der Waals surface area contributed by atoms with E-state index in [0.29, 0.717) is 12.8 Å². The van der Waals surface area contributed by atoms with Gasteiger partial charge in [-0.2, -0.15) is 0 Å². The van der Waals surface area contributed by atoms with E-state index >= 15 is 0 Å². The summed E-state index contributed by atoms with van der Waals surface area (Å²) < 4.78 is 0. The summed E-state index contributed by atoms with van der Waals surface area (Å²) >= 11 is 0. The van der Waals surface area contributed by atoms with Crippen LogP contribution in [0, 0.1) is 5.92 Å². The van der Waals surface area contributed by atoms with Gasteiger partial charge in [-0.05, 0) is 24.8 Å². The Hall–Kier alpha value is -1.16. The molecule has 0 aromatic rings. The normalized spacial score (nSPS) is 17.7.